The van der Waals surface area contributed by atoms with Gasteiger partial charge in [-0.2, -0.15) is 0 Å². The summed E-state index contributed by atoms with van der Waals surface area (Å²) in [6.07, 6.45) is 1.23. The smallest absolute Gasteiger partial charge is 0.0681 e. The zero-order valence-electron chi connectivity index (χ0n) is 11.0. The maximum absolute atomic E-state index is 9.11. The maximum Gasteiger partial charge on any atom is 0.0681 e. The van der Waals surface area contributed by atoms with E-state index in [9.17, 15) is 0 Å². The van der Waals surface area contributed by atoms with Crippen LogP contribution in [0.2, 0.25) is 0 Å². The molecule has 94 valence electrons. The van der Waals surface area contributed by atoms with Crippen LogP contribution in [-0.4, -0.2) is 43.2 Å². The van der Waals surface area contributed by atoms with E-state index in [0.29, 0.717) is 6.04 Å². The summed E-state index contributed by atoms with van der Waals surface area (Å²) < 4.78 is 0. The maximum atomic E-state index is 9.11. The van der Waals surface area contributed by atoms with Crippen molar-refractivity contribution in [2.24, 2.45) is 0 Å². The lowest BCUT2D eigenvalue weighted by Gasteiger charge is -2.23. The van der Waals surface area contributed by atoms with E-state index in [1.165, 1.54) is 17.7 Å². The van der Waals surface area contributed by atoms with Gasteiger partial charge >= 0.3 is 0 Å². The summed E-state index contributed by atoms with van der Waals surface area (Å²) in [5, 5.41) is 9.11. The van der Waals surface area contributed by atoms with Crippen LogP contribution < -0.4 is 4.90 Å². The highest BCUT2D eigenvalue weighted by molar-refractivity contribution is 5.55. The zero-order chi connectivity index (χ0) is 12.4. The third-order valence-corrected chi connectivity index (χ3v) is 3.68. The largest absolute Gasteiger partial charge is 0.392 e. The zero-order valence-corrected chi connectivity index (χ0v) is 11.0. The molecular weight excluding hydrogens is 212 g/mol. The summed E-state index contributed by atoms with van der Waals surface area (Å²) in [4.78, 5) is 4.75. The van der Waals surface area contributed by atoms with Gasteiger partial charge in [0.1, 0.15) is 0 Å². The normalized spacial score (nSPS) is 20.3. The van der Waals surface area contributed by atoms with Gasteiger partial charge in [-0.25, -0.2) is 0 Å². The first-order chi connectivity index (χ1) is 8.11. The average molecular weight is 234 g/mol. The topological polar surface area (TPSA) is 26.7 Å². The first-order valence-electron chi connectivity index (χ1n) is 6.23. The van der Waals surface area contributed by atoms with Gasteiger partial charge in [0.2, 0.25) is 0 Å². The van der Waals surface area contributed by atoms with Crippen molar-refractivity contribution < 1.29 is 5.11 Å². The molecule has 0 bridgehead atoms. The van der Waals surface area contributed by atoms with Crippen LogP contribution >= 0.6 is 0 Å². The molecular formula is C14H22N2O. The number of nitrogens with zero attached hydrogens (tertiary/aromatic N) is 2. The Morgan fingerprint density at radius 3 is 2.71 bits per heavy atom. The second kappa shape index (κ2) is 5.07. The van der Waals surface area contributed by atoms with Gasteiger partial charge in [-0.3, -0.25) is 0 Å². The average Bonchev–Trinajstić information content (AvgIpc) is 2.78. The highest BCUT2D eigenvalue weighted by Crippen LogP contribution is 2.26. The quantitative estimate of drug-likeness (QED) is 0.861. The Bertz CT molecular complexity index is 390. The van der Waals surface area contributed by atoms with E-state index in [0.717, 1.165) is 18.7 Å². The van der Waals surface area contributed by atoms with Gasteiger partial charge < -0.3 is 14.9 Å². The minimum atomic E-state index is 0.126. The standard InChI is InChI=1S/C14H22N2O/c1-11-8-12(10-17)4-5-14(11)16-7-6-13(9-16)15(2)3/h4-5,8,13,17H,6-7,9-10H2,1-3H3. The van der Waals surface area contributed by atoms with Crippen LogP contribution in [-0.2, 0) is 6.61 Å². The van der Waals surface area contributed by atoms with Crippen LogP contribution in [0, 0.1) is 6.92 Å². The molecule has 1 atom stereocenters. The summed E-state index contributed by atoms with van der Waals surface area (Å²) in [7, 11) is 4.30. The van der Waals surface area contributed by atoms with Gasteiger partial charge in [0.15, 0.2) is 0 Å². The highest BCUT2D eigenvalue weighted by atomic mass is 16.3. The minimum absolute atomic E-state index is 0.126. The van der Waals surface area contributed by atoms with E-state index in [2.05, 4.69) is 43.0 Å². The molecule has 1 heterocycles. The molecule has 1 N–H and O–H groups in total. The fraction of sp³-hybridized carbons (Fsp3) is 0.571. The second-order valence-corrected chi connectivity index (χ2v) is 5.13. The van der Waals surface area contributed by atoms with Crippen molar-refractivity contribution in [3.05, 3.63) is 29.3 Å². The summed E-state index contributed by atoms with van der Waals surface area (Å²) in [6, 6.07) is 6.90. The van der Waals surface area contributed by atoms with Gasteiger partial charge in [0.25, 0.3) is 0 Å². The Kier molecular flexibility index (Phi) is 3.69. The van der Waals surface area contributed by atoms with Crippen LogP contribution in [0.1, 0.15) is 17.5 Å². The van der Waals surface area contributed by atoms with Crippen molar-refractivity contribution in [1.29, 1.82) is 0 Å². The van der Waals surface area contributed by atoms with E-state index in [4.69, 9.17) is 5.11 Å². The third-order valence-electron chi connectivity index (χ3n) is 3.68. The molecule has 0 amide bonds. The second-order valence-electron chi connectivity index (χ2n) is 5.13. The molecule has 1 aromatic rings. The summed E-state index contributed by atoms with van der Waals surface area (Å²) in [6.45, 7) is 4.48. The van der Waals surface area contributed by atoms with Crippen molar-refractivity contribution in [2.75, 3.05) is 32.1 Å². The number of aliphatic hydroxyl groups excluding tert-OH is 1. The lowest BCUT2D eigenvalue weighted by Crippen LogP contribution is -2.31. The van der Waals surface area contributed by atoms with Crippen LogP contribution in [0.25, 0.3) is 0 Å². The van der Waals surface area contributed by atoms with Gasteiger partial charge in [-0.05, 0) is 44.6 Å². The molecule has 1 aliphatic rings. The monoisotopic (exact) mass is 234 g/mol. The van der Waals surface area contributed by atoms with E-state index < -0.39 is 0 Å². The van der Waals surface area contributed by atoms with E-state index in [1.54, 1.807) is 0 Å². The van der Waals surface area contributed by atoms with Crippen molar-refractivity contribution >= 4 is 5.69 Å². The fourth-order valence-corrected chi connectivity index (χ4v) is 2.55. The highest BCUT2D eigenvalue weighted by Gasteiger charge is 2.24. The van der Waals surface area contributed by atoms with Crippen molar-refractivity contribution in [1.82, 2.24) is 4.90 Å². The number of hydrogen-bond acceptors (Lipinski definition) is 3. The molecule has 1 aliphatic heterocycles. The molecule has 1 fully saturated rings. The van der Waals surface area contributed by atoms with Crippen LogP contribution in [0.3, 0.4) is 0 Å². The number of aliphatic hydroxyl groups is 1. The number of anilines is 1. The summed E-state index contributed by atoms with van der Waals surface area (Å²) in [5.74, 6) is 0. The minimum Gasteiger partial charge on any atom is -0.392 e. The molecule has 0 radical (unpaired) electrons. The van der Waals surface area contributed by atoms with Crippen LogP contribution in [0.15, 0.2) is 18.2 Å². The number of benzene rings is 1. The van der Waals surface area contributed by atoms with Crippen LogP contribution in [0.4, 0.5) is 5.69 Å². The van der Waals surface area contributed by atoms with E-state index in [-0.39, 0.29) is 6.61 Å². The Morgan fingerprint density at radius 2 is 2.18 bits per heavy atom. The fourth-order valence-electron chi connectivity index (χ4n) is 2.55. The molecule has 17 heavy (non-hydrogen) atoms. The number of hydrogen-bond donors (Lipinski definition) is 1. The van der Waals surface area contributed by atoms with Crippen molar-refractivity contribution in [3.8, 4) is 0 Å². The van der Waals surface area contributed by atoms with Gasteiger partial charge in [0, 0.05) is 24.8 Å². The van der Waals surface area contributed by atoms with Crippen molar-refractivity contribution in [2.45, 2.75) is 26.0 Å². The molecule has 1 saturated heterocycles. The molecule has 0 aromatic heterocycles. The lowest BCUT2D eigenvalue weighted by molar-refractivity contribution is 0.282. The molecule has 1 unspecified atom stereocenters. The predicted molar refractivity (Wildman–Crippen MR) is 71.4 cm³/mol. The third kappa shape index (κ3) is 2.61. The predicted octanol–water partition coefficient (Wildman–Crippen LogP) is 1.63. The van der Waals surface area contributed by atoms with Gasteiger partial charge in [0.05, 0.1) is 6.61 Å². The van der Waals surface area contributed by atoms with Crippen molar-refractivity contribution in [3.63, 3.8) is 0 Å². The lowest BCUT2D eigenvalue weighted by atomic mass is 10.1. The van der Waals surface area contributed by atoms with Gasteiger partial charge in [-0.15, -0.1) is 0 Å². The Balaban J connectivity index is 2.13. The molecule has 3 heteroatoms. The Morgan fingerprint density at radius 1 is 1.41 bits per heavy atom. The molecule has 0 spiro atoms. The SMILES string of the molecule is Cc1cc(CO)ccc1N1CCC(N(C)C)C1. The van der Waals surface area contributed by atoms with Crippen LogP contribution in [0.5, 0.6) is 0 Å². The molecule has 3 nitrogen and oxygen atoms in total. The Hall–Kier alpha value is -1.06. The number of rotatable bonds is 3. The molecule has 0 aliphatic carbocycles. The molecule has 2 rings (SSSR count). The number of likely N-dealkylation sites (N-methyl/N-ethyl adjacent to an activating group) is 1. The van der Waals surface area contributed by atoms with Gasteiger partial charge in [-0.1, -0.05) is 12.1 Å². The first-order valence-corrected chi connectivity index (χ1v) is 6.23. The number of aryl methyl sites for hydroxylation is 1. The molecule has 0 saturated carbocycles. The Labute approximate surface area is 104 Å². The van der Waals surface area contributed by atoms with E-state index >= 15 is 0 Å². The first kappa shape index (κ1) is 12.4. The summed E-state index contributed by atoms with van der Waals surface area (Å²) in [5.41, 5.74) is 3.57. The van der Waals surface area contributed by atoms with E-state index in [1.807, 2.05) is 6.07 Å². The molecule has 1 aromatic carbocycles. The summed E-state index contributed by atoms with van der Waals surface area (Å²) >= 11 is 0.